The molecule has 1 saturated heterocycles. The molecule has 1 aliphatic heterocycles. The van der Waals surface area contributed by atoms with Gasteiger partial charge in [-0.2, -0.15) is 13.2 Å². The number of anilines is 1. The first kappa shape index (κ1) is 21.7. The van der Waals surface area contributed by atoms with E-state index in [9.17, 15) is 22.8 Å². The highest BCUT2D eigenvalue weighted by molar-refractivity contribution is 5.81. The van der Waals surface area contributed by atoms with E-state index in [1.165, 1.54) is 12.1 Å². The van der Waals surface area contributed by atoms with Crippen molar-refractivity contribution in [2.45, 2.75) is 31.5 Å². The molecule has 0 aliphatic carbocycles. The highest BCUT2D eigenvalue weighted by Crippen LogP contribution is 2.31. The molecule has 30 heavy (non-hydrogen) atoms. The third kappa shape index (κ3) is 4.93. The van der Waals surface area contributed by atoms with Gasteiger partial charge in [-0.05, 0) is 42.7 Å². The summed E-state index contributed by atoms with van der Waals surface area (Å²) in [5.74, 6) is 0.466. The Labute approximate surface area is 173 Å². The van der Waals surface area contributed by atoms with Gasteiger partial charge in [-0.15, -0.1) is 0 Å². The summed E-state index contributed by atoms with van der Waals surface area (Å²) in [5, 5.41) is 0. The van der Waals surface area contributed by atoms with Gasteiger partial charge in [-0.1, -0.05) is 24.3 Å². The van der Waals surface area contributed by atoms with Crippen molar-refractivity contribution < 1.29 is 27.5 Å². The van der Waals surface area contributed by atoms with E-state index in [0.717, 1.165) is 18.5 Å². The van der Waals surface area contributed by atoms with Gasteiger partial charge < -0.3 is 14.5 Å². The number of hydrogen-bond acceptors (Lipinski definition) is 3. The van der Waals surface area contributed by atoms with Crippen LogP contribution in [0.3, 0.4) is 0 Å². The molecule has 3 rings (SSSR count). The molecule has 2 aromatic carbocycles. The van der Waals surface area contributed by atoms with Crippen LogP contribution in [0, 0.1) is 0 Å². The molecule has 0 aromatic heterocycles. The number of halogens is 3. The fourth-order valence-corrected chi connectivity index (χ4v) is 3.67. The van der Waals surface area contributed by atoms with E-state index in [2.05, 4.69) is 0 Å². The average Bonchev–Trinajstić information content (AvgIpc) is 2.75. The van der Waals surface area contributed by atoms with E-state index < -0.39 is 11.7 Å². The van der Waals surface area contributed by atoms with Crippen LogP contribution in [-0.4, -0.2) is 43.5 Å². The van der Waals surface area contributed by atoms with Gasteiger partial charge in [0.25, 0.3) is 0 Å². The Morgan fingerprint density at radius 1 is 1.13 bits per heavy atom. The standard InChI is InChI=1S/C22H23F3N2O3/c1-30-20-5-3-2-4-19(20)27(15-28)18-10-12-26(13-11-18)21(29)14-16-6-8-17(9-7-16)22(23,24)25/h2-9,15,18H,10-14H2,1H3. The Hall–Kier alpha value is -3.03. The van der Waals surface area contributed by atoms with Crippen molar-refractivity contribution in [2.24, 2.45) is 0 Å². The molecule has 0 radical (unpaired) electrons. The van der Waals surface area contributed by atoms with Crippen LogP contribution in [0.5, 0.6) is 5.75 Å². The Balaban J connectivity index is 1.59. The molecular formula is C22H23F3N2O3. The van der Waals surface area contributed by atoms with E-state index in [4.69, 9.17) is 4.74 Å². The molecule has 0 unspecified atom stereocenters. The van der Waals surface area contributed by atoms with Gasteiger partial charge in [0.15, 0.2) is 0 Å². The molecule has 1 aliphatic rings. The lowest BCUT2D eigenvalue weighted by molar-refractivity contribution is -0.137. The zero-order chi connectivity index (χ0) is 21.7. The molecule has 0 atom stereocenters. The molecule has 2 aromatic rings. The maximum absolute atomic E-state index is 12.7. The minimum absolute atomic E-state index is 0.0483. The zero-order valence-electron chi connectivity index (χ0n) is 16.6. The number of carbonyl (C=O) groups is 2. The maximum atomic E-state index is 12.7. The van der Waals surface area contributed by atoms with Crippen molar-refractivity contribution in [3.8, 4) is 5.75 Å². The number of alkyl halides is 3. The molecule has 0 saturated carbocycles. The Kier molecular flexibility index (Phi) is 6.64. The third-order valence-electron chi connectivity index (χ3n) is 5.32. The number of carbonyl (C=O) groups excluding carboxylic acids is 2. The van der Waals surface area contributed by atoms with E-state index >= 15 is 0 Å². The van der Waals surface area contributed by atoms with Crippen molar-refractivity contribution in [3.63, 3.8) is 0 Å². The molecule has 0 N–H and O–H groups in total. The normalized spacial score (nSPS) is 15.0. The fraction of sp³-hybridized carbons (Fsp3) is 0.364. The van der Waals surface area contributed by atoms with Crippen molar-refractivity contribution >= 4 is 18.0 Å². The quantitative estimate of drug-likeness (QED) is 0.666. The summed E-state index contributed by atoms with van der Waals surface area (Å²) in [7, 11) is 1.55. The van der Waals surface area contributed by atoms with Crippen LogP contribution in [0.15, 0.2) is 48.5 Å². The van der Waals surface area contributed by atoms with Gasteiger partial charge in [0, 0.05) is 19.1 Å². The molecule has 8 heteroatoms. The van der Waals surface area contributed by atoms with Gasteiger partial charge in [0.1, 0.15) is 5.75 Å². The van der Waals surface area contributed by atoms with Crippen molar-refractivity contribution in [1.82, 2.24) is 4.90 Å². The summed E-state index contributed by atoms with van der Waals surface area (Å²) in [4.78, 5) is 27.6. The maximum Gasteiger partial charge on any atom is 0.416 e. The number of likely N-dealkylation sites (tertiary alicyclic amines) is 1. The summed E-state index contributed by atoms with van der Waals surface area (Å²) in [6.45, 7) is 0.952. The van der Waals surface area contributed by atoms with Crippen LogP contribution in [0.2, 0.25) is 0 Å². The Morgan fingerprint density at radius 3 is 2.33 bits per heavy atom. The van der Waals surface area contributed by atoms with E-state index in [-0.39, 0.29) is 18.4 Å². The van der Waals surface area contributed by atoms with E-state index in [0.29, 0.717) is 42.9 Å². The molecule has 0 spiro atoms. The number of piperidine rings is 1. The van der Waals surface area contributed by atoms with E-state index in [1.54, 1.807) is 23.0 Å². The minimum atomic E-state index is -4.39. The van der Waals surface area contributed by atoms with Gasteiger partial charge in [-0.25, -0.2) is 0 Å². The number of methoxy groups -OCH3 is 1. The van der Waals surface area contributed by atoms with Crippen molar-refractivity contribution in [3.05, 3.63) is 59.7 Å². The van der Waals surface area contributed by atoms with Crippen LogP contribution >= 0.6 is 0 Å². The van der Waals surface area contributed by atoms with Gasteiger partial charge in [-0.3, -0.25) is 9.59 Å². The number of benzene rings is 2. The summed E-state index contributed by atoms with van der Waals surface area (Å²) < 4.78 is 43.3. The second kappa shape index (κ2) is 9.19. The van der Waals surface area contributed by atoms with Gasteiger partial charge in [0.2, 0.25) is 12.3 Å². The SMILES string of the molecule is COc1ccccc1N(C=O)C1CCN(C(=O)Cc2ccc(C(F)(F)F)cc2)CC1. The highest BCUT2D eigenvalue weighted by atomic mass is 19.4. The first-order valence-electron chi connectivity index (χ1n) is 9.64. The van der Waals surface area contributed by atoms with Crippen LogP contribution in [0.4, 0.5) is 18.9 Å². The lowest BCUT2D eigenvalue weighted by Crippen LogP contribution is -2.47. The van der Waals surface area contributed by atoms with Crippen molar-refractivity contribution in [1.29, 1.82) is 0 Å². The highest BCUT2D eigenvalue weighted by Gasteiger charge is 2.31. The molecule has 1 heterocycles. The number of rotatable bonds is 6. The van der Waals surface area contributed by atoms with Crippen LogP contribution < -0.4 is 9.64 Å². The summed E-state index contributed by atoms with van der Waals surface area (Å²) in [5.41, 5.74) is 0.494. The predicted molar refractivity (Wildman–Crippen MR) is 106 cm³/mol. The molecular weight excluding hydrogens is 397 g/mol. The molecule has 2 amide bonds. The zero-order valence-corrected chi connectivity index (χ0v) is 16.6. The number of ether oxygens (including phenoxy) is 1. The van der Waals surface area contributed by atoms with Crippen LogP contribution in [0.25, 0.3) is 0 Å². The number of hydrogen-bond donors (Lipinski definition) is 0. The Bertz CT molecular complexity index is 876. The summed E-state index contributed by atoms with van der Waals surface area (Å²) >= 11 is 0. The average molecular weight is 420 g/mol. The second-order valence-corrected chi connectivity index (χ2v) is 7.17. The number of para-hydroxylation sites is 2. The first-order valence-corrected chi connectivity index (χ1v) is 9.64. The summed E-state index contributed by atoms with van der Waals surface area (Å²) in [6, 6.07) is 11.9. The summed E-state index contributed by atoms with van der Waals surface area (Å²) in [6.07, 6.45) is -2.35. The second-order valence-electron chi connectivity index (χ2n) is 7.17. The fourth-order valence-electron chi connectivity index (χ4n) is 3.67. The van der Waals surface area contributed by atoms with Crippen LogP contribution in [-0.2, 0) is 22.2 Å². The predicted octanol–water partition coefficient (Wildman–Crippen LogP) is 3.91. The minimum Gasteiger partial charge on any atom is -0.495 e. The smallest absolute Gasteiger partial charge is 0.416 e. The molecule has 160 valence electrons. The lowest BCUT2D eigenvalue weighted by Gasteiger charge is -2.37. The van der Waals surface area contributed by atoms with Crippen molar-refractivity contribution in [2.75, 3.05) is 25.1 Å². The topological polar surface area (TPSA) is 49.9 Å². The molecule has 5 nitrogen and oxygen atoms in total. The van der Waals surface area contributed by atoms with E-state index in [1.807, 2.05) is 18.2 Å². The lowest BCUT2D eigenvalue weighted by atomic mass is 10.0. The third-order valence-corrected chi connectivity index (χ3v) is 5.32. The van der Waals surface area contributed by atoms with Gasteiger partial charge in [0.05, 0.1) is 24.8 Å². The molecule has 1 fully saturated rings. The largest absolute Gasteiger partial charge is 0.495 e. The number of amides is 2. The van der Waals surface area contributed by atoms with Crippen LogP contribution in [0.1, 0.15) is 24.0 Å². The molecule has 0 bridgehead atoms. The number of nitrogens with zero attached hydrogens (tertiary/aromatic N) is 2. The Morgan fingerprint density at radius 2 is 1.77 bits per heavy atom. The first-order chi connectivity index (χ1) is 14.3. The van der Waals surface area contributed by atoms with Gasteiger partial charge >= 0.3 is 6.18 Å². The monoisotopic (exact) mass is 420 g/mol.